The Labute approximate surface area is 111 Å². The zero-order valence-corrected chi connectivity index (χ0v) is 12.2. The third kappa shape index (κ3) is 4.58. The Morgan fingerprint density at radius 1 is 1.39 bits per heavy atom. The molecule has 1 rings (SSSR count). The van der Waals surface area contributed by atoms with Crippen LogP contribution in [0.5, 0.6) is 0 Å². The van der Waals surface area contributed by atoms with Crippen LogP contribution in [0, 0.1) is 0 Å². The highest BCUT2D eigenvalue weighted by atomic mass is 16.1. The quantitative estimate of drug-likeness (QED) is 0.622. The van der Waals surface area contributed by atoms with Gasteiger partial charge in [0.05, 0.1) is 0 Å². The maximum absolute atomic E-state index is 11.7. The first kappa shape index (κ1) is 15.4. The summed E-state index contributed by atoms with van der Waals surface area (Å²) in [6.07, 6.45) is 5.94. The van der Waals surface area contributed by atoms with Crippen molar-refractivity contribution >= 4 is 5.91 Å². The standard InChI is InChI=1S/C14H29N3O/c1-4-6-10-17(12-7-8-12)11-14(3,13(15)18)16-9-5-2/h12,16H,4-11H2,1-3H3,(H2,15,18). The molecule has 0 radical (unpaired) electrons. The van der Waals surface area contributed by atoms with Gasteiger partial charge in [0.1, 0.15) is 5.54 Å². The average Bonchev–Trinajstić information content (AvgIpc) is 3.15. The lowest BCUT2D eigenvalue weighted by Gasteiger charge is -2.34. The Morgan fingerprint density at radius 3 is 2.50 bits per heavy atom. The molecule has 1 atom stereocenters. The van der Waals surface area contributed by atoms with Crippen LogP contribution in [0.4, 0.5) is 0 Å². The molecule has 1 amide bonds. The summed E-state index contributed by atoms with van der Waals surface area (Å²) in [5.74, 6) is -0.238. The number of nitrogens with one attached hydrogen (secondary N) is 1. The predicted molar refractivity (Wildman–Crippen MR) is 75.4 cm³/mol. The van der Waals surface area contributed by atoms with Gasteiger partial charge in [0.25, 0.3) is 0 Å². The number of nitrogens with two attached hydrogens (primary N) is 1. The van der Waals surface area contributed by atoms with Gasteiger partial charge in [0, 0.05) is 12.6 Å². The van der Waals surface area contributed by atoms with Gasteiger partial charge >= 0.3 is 0 Å². The van der Waals surface area contributed by atoms with Gasteiger partial charge in [0.2, 0.25) is 5.91 Å². The molecule has 0 heterocycles. The fourth-order valence-electron chi connectivity index (χ4n) is 2.22. The smallest absolute Gasteiger partial charge is 0.238 e. The van der Waals surface area contributed by atoms with Gasteiger partial charge in [-0.2, -0.15) is 0 Å². The molecule has 0 aliphatic heterocycles. The fourth-order valence-corrected chi connectivity index (χ4v) is 2.22. The molecule has 1 aliphatic rings. The summed E-state index contributed by atoms with van der Waals surface area (Å²) in [6.45, 7) is 8.90. The van der Waals surface area contributed by atoms with E-state index in [9.17, 15) is 4.79 Å². The molecule has 106 valence electrons. The van der Waals surface area contributed by atoms with Crippen molar-refractivity contribution in [3.8, 4) is 0 Å². The highest BCUT2D eigenvalue weighted by Crippen LogP contribution is 2.28. The molecule has 3 N–H and O–H groups in total. The first-order valence-corrected chi connectivity index (χ1v) is 7.32. The van der Waals surface area contributed by atoms with E-state index in [-0.39, 0.29) is 5.91 Å². The van der Waals surface area contributed by atoms with Crippen LogP contribution < -0.4 is 11.1 Å². The van der Waals surface area contributed by atoms with Crippen LogP contribution in [0.25, 0.3) is 0 Å². The minimum Gasteiger partial charge on any atom is -0.368 e. The normalized spacial score (nSPS) is 18.9. The molecule has 18 heavy (non-hydrogen) atoms. The number of unbranched alkanes of at least 4 members (excludes halogenated alkanes) is 1. The Hall–Kier alpha value is -0.610. The number of hydrogen-bond donors (Lipinski definition) is 2. The van der Waals surface area contributed by atoms with E-state index in [0.29, 0.717) is 6.04 Å². The molecule has 1 saturated carbocycles. The summed E-state index contributed by atoms with van der Waals surface area (Å²) >= 11 is 0. The highest BCUT2D eigenvalue weighted by molar-refractivity contribution is 5.84. The molecule has 0 aromatic heterocycles. The molecule has 0 saturated heterocycles. The molecule has 0 spiro atoms. The molecular formula is C14H29N3O. The van der Waals surface area contributed by atoms with Gasteiger partial charge < -0.3 is 11.1 Å². The Morgan fingerprint density at radius 2 is 2.06 bits per heavy atom. The van der Waals surface area contributed by atoms with Crippen molar-refractivity contribution < 1.29 is 4.79 Å². The third-order valence-corrected chi connectivity index (χ3v) is 3.69. The monoisotopic (exact) mass is 255 g/mol. The van der Waals surface area contributed by atoms with Crippen LogP contribution in [0.1, 0.15) is 52.9 Å². The van der Waals surface area contributed by atoms with E-state index in [0.717, 1.165) is 26.1 Å². The van der Waals surface area contributed by atoms with Gasteiger partial charge in [-0.1, -0.05) is 20.3 Å². The van der Waals surface area contributed by atoms with E-state index in [1.807, 2.05) is 6.92 Å². The van der Waals surface area contributed by atoms with E-state index in [1.54, 1.807) is 0 Å². The van der Waals surface area contributed by atoms with Crippen molar-refractivity contribution in [1.29, 1.82) is 0 Å². The highest BCUT2D eigenvalue weighted by Gasteiger charge is 2.37. The summed E-state index contributed by atoms with van der Waals surface area (Å²) in [7, 11) is 0. The second kappa shape index (κ2) is 7.10. The summed E-state index contributed by atoms with van der Waals surface area (Å²) < 4.78 is 0. The SMILES string of the molecule is CCCCN(CC(C)(NCCC)C(N)=O)C1CC1. The van der Waals surface area contributed by atoms with Crippen molar-refractivity contribution in [3.63, 3.8) is 0 Å². The number of hydrogen-bond acceptors (Lipinski definition) is 3. The van der Waals surface area contributed by atoms with E-state index < -0.39 is 5.54 Å². The topological polar surface area (TPSA) is 58.4 Å². The molecule has 0 aromatic rings. The van der Waals surface area contributed by atoms with Crippen molar-refractivity contribution in [1.82, 2.24) is 10.2 Å². The number of carbonyl (C=O) groups excluding carboxylic acids is 1. The van der Waals surface area contributed by atoms with Crippen LogP contribution in [-0.4, -0.2) is 42.0 Å². The molecule has 1 fully saturated rings. The van der Waals surface area contributed by atoms with E-state index in [4.69, 9.17) is 5.73 Å². The predicted octanol–water partition coefficient (Wildman–Crippen LogP) is 1.49. The van der Waals surface area contributed by atoms with Crippen LogP contribution in [0.2, 0.25) is 0 Å². The Balaban J connectivity index is 2.57. The van der Waals surface area contributed by atoms with Gasteiger partial charge in [-0.15, -0.1) is 0 Å². The zero-order valence-electron chi connectivity index (χ0n) is 12.2. The van der Waals surface area contributed by atoms with Crippen LogP contribution in [0.15, 0.2) is 0 Å². The summed E-state index contributed by atoms with van der Waals surface area (Å²) in [4.78, 5) is 14.2. The largest absolute Gasteiger partial charge is 0.368 e. The molecular weight excluding hydrogens is 226 g/mol. The van der Waals surface area contributed by atoms with Crippen molar-refractivity contribution in [2.75, 3.05) is 19.6 Å². The number of carbonyl (C=O) groups is 1. The third-order valence-electron chi connectivity index (χ3n) is 3.69. The summed E-state index contributed by atoms with van der Waals surface area (Å²) in [6, 6.07) is 0.679. The second-order valence-electron chi connectivity index (χ2n) is 5.68. The number of nitrogens with zero attached hydrogens (tertiary/aromatic N) is 1. The number of primary amides is 1. The average molecular weight is 255 g/mol. The molecule has 4 heteroatoms. The molecule has 0 aromatic carbocycles. The van der Waals surface area contributed by atoms with Gasteiger partial charge in [-0.25, -0.2) is 0 Å². The van der Waals surface area contributed by atoms with Gasteiger partial charge in [-0.3, -0.25) is 9.69 Å². The summed E-state index contributed by atoms with van der Waals surface area (Å²) in [5.41, 5.74) is 4.99. The van der Waals surface area contributed by atoms with E-state index >= 15 is 0 Å². The minimum atomic E-state index is -0.591. The van der Waals surface area contributed by atoms with E-state index in [1.165, 1.54) is 25.7 Å². The lowest BCUT2D eigenvalue weighted by atomic mass is 10.00. The molecule has 1 unspecified atom stereocenters. The molecule has 1 aliphatic carbocycles. The lowest BCUT2D eigenvalue weighted by Crippen LogP contribution is -2.60. The van der Waals surface area contributed by atoms with Gasteiger partial charge in [0.15, 0.2) is 0 Å². The Kier molecular flexibility index (Phi) is 6.09. The lowest BCUT2D eigenvalue weighted by molar-refractivity contribution is -0.124. The van der Waals surface area contributed by atoms with Crippen LogP contribution in [-0.2, 0) is 4.79 Å². The molecule has 0 bridgehead atoms. The number of amides is 1. The van der Waals surface area contributed by atoms with E-state index in [2.05, 4.69) is 24.1 Å². The second-order valence-corrected chi connectivity index (χ2v) is 5.68. The minimum absolute atomic E-state index is 0.238. The summed E-state index contributed by atoms with van der Waals surface area (Å²) in [5, 5.41) is 3.32. The van der Waals surface area contributed by atoms with Crippen molar-refractivity contribution in [2.45, 2.75) is 64.5 Å². The van der Waals surface area contributed by atoms with Crippen molar-refractivity contribution in [3.05, 3.63) is 0 Å². The zero-order chi connectivity index (χ0) is 13.6. The molecule has 4 nitrogen and oxygen atoms in total. The Bertz CT molecular complexity index is 266. The first-order chi connectivity index (χ1) is 8.53. The van der Waals surface area contributed by atoms with Crippen molar-refractivity contribution in [2.24, 2.45) is 5.73 Å². The first-order valence-electron chi connectivity index (χ1n) is 7.32. The fraction of sp³-hybridized carbons (Fsp3) is 0.929. The van der Waals surface area contributed by atoms with Gasteiger partial charge in [-0.05, 0) is 45.7 Å². The number of rotatable bonds is 10. The maximum Gasteiger partial charge on any atom is 0.238 e. The van der Waals surface area contributed by atoms with Crippen LogP contribution in [0.3, 0.4) is 0 Å². The maximum atomic E-state index is 11.7. The van der Waals surface area contributed by atoms with Crippen LogP contribution >= 0.6 is 0 Å².